The number of hydrogen-bond acceptors (Lipinski definition) is 17. The predicted molar refractivity (Wildman–Crippen MR) is 311 cm³/mol. The van der Waals surface area contributed by atoms with Gasteiger partial charge in [-0.3, -0.25) is 29.0 Å². The molecule has 3 aliphatic rings. The molecule has 458 valence electrons. The number of fused-ring (bicyclic) bond motifs is 4. The number of carbonyl (C=O) groups excluding carboxylic acids is 6. The fourth-order valence-corrected chi connectivity index (χ4v) is 10.5. The summed E-state index contributed by atoms with van der Waals surface area (Å²) in [6.45, 7) is 22.9. The summed E-state index contributed by atoms with van der Waals surface area (Å²) in [4.78, 5) is 90.6. The minimum atomic E-state index is -1.36. The van der Waals surface area contributed by atoms with Gasteiger partial charge in [-0.1, -0.05) is 56.3 Å². The van der Waals surface area contributed by atoms with Crippen LogP contribution in [0.1, 0.15) is 108 Å². The average molecular weight is 1170 g/mol. The lowest BCUT2D eigenvalue weighted by Crippen LogP contribution is -2.64. The molecule has 0 bridgehead atoms. The first-order chi connectivity index (χ1) is 39.4. The van der Waals surface area contributed by atoms with Gasteiger partial charge in [0.2, 0.25) is 29.5 Å². The van der Waals surface area contributed by atoms with Gasteiger partial charge in [0.05, 0.1) is 43.7 Å². The lowest BCUT2D eigenvalue weighted by molar-refractivity contribution is -0.236. The summed E-state index contributed by atoms with van der Waals surface area (Å²) in [5.41, 5.74) is 1.12. The van der Waals surface area contributed by atoms with E-state index in [2.05, 4.69) is 36.9 Å². The zero-order chi connectivity index (χ0) is 61.5. The van der Waals surface area contributed by atoms with Crippen LogP contribution in [-0.4, -0.2) is 151 Å². The molecule has 4 heterocycles. The molecule has 6 N–H and O–H groups in total. The van der Waals surface area contributed by atoms with E-state index < -0.39 is 132 Å². The van der Waals surface area contributed by atoms with Crippen molar-refractivity contribution in [2.24, 2.45) is 5.92 Å². The zero-order valence-electron chi connectivity index (χ0n) is 50.9. The number of benzene rings is 3. The Labute approximate surface area is 492 Å². The minimum absolute atomic E-state index is 0.0140. The number of rotatable bonds is 24. The number of hydrogen-bond donors (Lipinski definition) is 6. The molecule has 0 unspecified atom stereocenters. The second-order valence-corrected chi connectivity index (χ2v) is 24.8. The quantitative estimate of drug-likeness (QED) is 0.0469. The van der Waals surface area contributed by atoms with E-state index in [9.17, 15) is 24.0 Å². The van der Waals surface area contributed by atoms with Crippen molar-refractivity contribution in [1.29, 1.82) is 0 Å². The van der Waals surface area contributed by atoms with E-state index >= 15 is 4.79 Å². The van der Waals surface area contributed by atoms with E-state index in [0.717, 1.165) is 0 Å². The number of anilines is 1. The van der Waals surface area contributed by atoms with E-state index in [1.54, 1.807) is 135 Å². The molecule has 84 heavy (non-hydrogen) atoms. The maximum atomic E-state index is 15.3. The van der Waals surface area contributed by atoms with Crippen molar-refractivity contribution >= 4 is 52.1 Å². The van der Waals surface area contributed by atoms with E-state index in [-0.39, 0.29) is 25.2 Å². The number of ether oxygens (including phenoxy) is 9. The van der Waals surface area contributed by atoms with Crippen molar-refractivity contribution in [3.63, 3.8) is 0 Å². The van der Waals surface area contributed by atoms with Crippen LogP contribution in [0.5, 0.6) is 11.5 Å². The lowest BCUT2D eigenvalue weighted by Gasteiger charge is -2.41. The average Bonchev–Trinajstić information content (AvgIpc) is 1.74. The fraction of sp³-hybridized carbons (Fsp3) is 0.565. The van der Waals surface area contributed by atoms with Gasteiger partial charge in [0.1, 0.15) is 71.7 Å². The van der Waals surface area contributed by atoms with Crippen molar-refractivity contribution in [2.75, 3.05) is 26.1 Å². The van der Waals surface area contributed by atoms with Gasteiger partial charge in [-0.15, -0.1) is 0 Å². The van der Waals surface area contributed by atoms with E-state index in [1.807, 2.05) is 46.8 Å². The molecule has 5 amide bonds. The van der Waals surface area contributed by atoms with Crippen LogP contribution in [0.15, 0.2) is 85.1 Å². The molecule has 22 heteroatoms. The Morgan fingerprint density at radius 3 is 1.90 bits per heavy atom. The van der Waals surface area contributed by atoms with Crippen LogP contribution < -0.4 is 41.4 Å². The summed E-state index contributed by atoms with van der Waals surface area (Å²) in [7, 11) is 2.76. The highest BCUT2D eigenvalue weighted by molar-refractivity contribution is 5.99. The number of methoxy groups -OCH3 is 2. The van der Waals surface area contributed by atoms with Crippen LogP contribution in [0.25, 0.3) is 10.9 Å². The third kappa shape index (κ3) is 17.3. The predicted octanol–water partition coefficient (Wildman–Crippen LogP) is 5.56. The van der Waals surface area contributed by atoms with Crippen LogP contribution >= 0.6 is 0 Å². The maximum absolute atomic E-state index is 15.3. The molecule has 0 spiro atoms. The number of nitrogens with one attached hydrogen (secondary N) is 6. The maximum Gasteiger partial charge on any atom is 0.328 e. The van der Waals surface area contributed by atoms with Gasteiger partial charge in [0, 0.05) is 24.4 Å². The summed E-state index contributed by atoms with van der Waals surface area (Å²) < 4.78 is 55.0. The van der Waals surface area contributed by atoms with Crippen LogP contribution in [0.2, 0.25) is 0 Å². The molecule has 3 saturated heterocycles. The topological polar surface area (TPSA) is 271 Å². The molecule has 3 fully saturated rings. The second kappa shape index (κ2) is 27.0. The van der Waals surface area contributed by atoms with Crippen LogP contribution in [-0.2, 0) is 74.8 Å². The number of nitrogens with zero attached hydrogens (tertiary/aromatic N) is 1. The molecule has 0 aliphatic carbocycles. The second-order valence-electron chi connectivity index (χ2n) is 24.8. The molecule has 0 saturated carbocycles. The van der Waals surface area contributed by atoms with Crippen LogP contribution in [0, 0.1) is 5.92 Å². The summed E-state index contributed by atoms with van der Waals surface area (Å²) in [6, 6.07) is 16.8. The Kier molecular flexibility index (Phi) is 20.7. The molecular weight excluding hydrogens is 1080 g/mol. The molecule has 0 radical (unpaired) electrons. The van der Waals surface area contributed by atoms with Gasteiger partial charge in [0.25, 0.3) is 0 Å². The van der Waals surface area contributed by atoms with Gasteiger partial charge in [-0.2, -0.15) is 0 Å². The molecule has 3 aliphatic heterocycles. The summed E-state index contributed by atoms with van der Waals surface area (Å²) >= 11 is 0. The molecule has 11 atom stereocenters. The first-order valence-corrected chi connectivity index (χ1v) is 28.5. The Morgan fingerprint density at radius 1 is 0.643 bits per heavy atom. The number of carbonyl (C=O) groups is 6. The van der Waals surface area contributed by atoms with Crippen molar-refractivity contribution in [3.8, 4) is 11.5 Å². The first-order valence-electron chi connectivity index (χ1n) is 28.5. The third-order valence-electron chi connectivity index (χ3n) is 13.9. The van der Waals surface area contributed by atoms with Gasteiger partial charge in [0.15, 0.2) is 17.9 Å². The Morgan fingerprint density at radius 2 is 1.26 bits per heavy atom. The van der Waals surface area contributed by atoms with Crippen molar-refractivity contribution in [3.05, 3.63) is 96.2 Å². The zero-order valence-corrected chi connectivity index (χ0v) is 50.9. The van der Waals surface area contributed by atoms with E-state index in [0.29, 0.717) is 39.2 Å². The van der Waals surface area contributed by atoms with E-state index in [1.165, 1.54) is 7.11 Å². The number of aromatic nitrogens is 1. The van der Waals surface area contributed by atoms with Crippen molar-refractivity contribution < 1.29 is 71.4 Å². The van der Waals surface area contributed by atoms with Crippen LogP contribution in [0.4, 0.5) is 5.69 Å². The molecule has 3 aromatic carbocycles. The minimum Gasteiger partial charge on any atom is -0.496 e. The first kappa shape index (κ1) is 64.6. The molecule has 22 nitrogen and oxygen atoms in total. The third-order valence-corrected chi connectivity index (χ3v) is 13.9. The Balaban J connectivity index is 1.11. The highest BCUT2D eigenvalue weighted by atomic mass is 16.9. The highest BCUT2D eigenvalue weighted by Crippen LogP contribution is 2.45. The van der Waals surface area contributed by atoms with E-state index in [4.69, 9.17) is 42.6 Å². The van der Waals surface area contributed by atoms with Gasteiger partial charge >= 0.3 is 5.97 Å². The smallest absolute Gasteiger partial charge is 0.328 e. The standard InChI is InChI=1S/C62H85N7O15/c1-34(2)30-41(67-56(74)48(65-40-27-28-44(76-14)39-22-19-29-63-47(39)40)49-50-51(82-61(10,11)81-50)52-58(78-49)84-62(12,13)83-52)54(72)66-42(31-36-20-17-16-18-21-36)53(71)64-33-45(70)69-46(35(3)79-59(4,5)6)55(73)68-43(57(75)77-15)32-37-23-25-38(26-24-37)80-60(7,8)9/h16-29,34-35,41-43,46,48-52,58,65H,30-33H2,1-15H3,(H,64,71)(H,66,72)(H,67,74)(H,68,73)(H,69,70)/t35-,41-,42-,43-,46+,48-,49+,50-,51-,52+,58+/m0/s1. The number of esters is 1. The van der Waals surface area contributed by atoms with Crippen molar-refractivity contribution in [2.45, 2.75) is 199 Å². The van der Waals surface area contributed by atoms with Gasteiger partial charge < -0.3 is 74.5 Å². The molecule has 4 aromatic rings. The van der Waals surface area contributed by atoms with Crippen LogP contribution in [0.3, 0.4) is 0 Å². The Bertz CT molecular complexity index is 2950. The lowest BCUT2D eigenvalue weighted by atomic mass is 9.92. The van der Waals surface area contributed by atoms with Crippen molar-refractivity contribution in [1.82, 2.24) is 31.6 Å². The highest BCUT2D eigenvalue weighted by Gasteiger charge is 2.63. The fourth-order valence-electron chi connectivity index (χ4n) is 10.5. The Hall–Kier alpha value is -6.95. The molecule has 1 aromatic heterocycles. The van der Waals surface area contributed by atoms with Gasteiger partial charge in [-0.05, 0) is 136 Å². The summed E-state index contributed by atoms with van der Waals surface area (Å²) in [5.74, 6) is -5.48. The SMILES string of the molecule is COC(=O)[C@H](Cc1ccc(OC(C)(C)C)cc1)NC(=O)[C@H](NC(=O)CNC(=O)[C@H](Cc1ccccc1)NC(=O)[C@H](CC(C)C)NC(=O)[C@@H](Nc1ccc(OC)c2cccnc12)[C@H]1O[C@@H]2OC(C)(C)O[C@@H]2[C@H]2OC(C)(C)O[C@H]21)[C@H](C)OC(C)(C)C. The largest absolute Gasteiger partial charge is 0.496 e. The van der Waals surface area contributed by atoms with Gasteiger partial charge in [-0.25, -0.2) is 4.79 Å². The molecular formula is C62H85N7O15. The monoisotopic (exact) mass is 1170 g/mol. The summed E-state index contributed by atoms with van der Waals surface area (Å²) in [5, 5.41) is 18.0. The number of amides is 5. The normalized spacial score (nSPS) is 21.9. The summed E-state index contributed by atoms with van der Waals surface area (Å²) in [6.07, 6.45) is -3.56. The number of pyridine rings is 1. The molecule has 7 rings (SSSR count).